The summed E-state index contributed by atoms with van der Waals surface area (Å²) in [6, 6.07) is 7.62. The number of primary amides is 1. The van der Waals surface area contributed by atoms with Gasteiger partial charge in [-0.3, -0.25) is 9.36 Å². The van der Waals surface area contributed by atoms with Gasteiger partial charge in [-0.25, -0.2) is 9.98 Å². The Kier molecular flexibility index (Phi) is 4.01. The fraction of sp³-hybridized carbons (Fsp3) is 0.353. The Morgan fingerprint density at radius 1 is 1.33 bits per heavy atom. The van der Waals surface area contributed by atoms with Crippen LogP contribution in [0.5, 0.6) is 5.75 Å². The molecule has 7 nitrogen and oxygen atoms in total. The van der Waals surface area contributed by atoms with Gasteiger partial charge in [0.2, 0.25) is 0 Å². The molecule has 1 amide bonds. The number of methoxy groups -OCH3 is 1. The molecule has 2 aromatic rings. The molecule has 126 valence electrons. The van der Waals surface area contributed by atoms with Crippen molar-refractivity contribution in [2.45, 2.75) is 32.4 Å². The number of rotatable bonds is 5. The minimum atomic E-state index is -0.575. The van der Waals surface area contributed by atoms with Crippen molar-refractivity contribution in [1.29, 1.82) is 0 Å². The van der Waals surface area contributed by atoms with E-state index in [9.17, 15) is 4.79 Å². The third kappa shape index (κ3) is 2.42. The van der Waals surface area contributed by atoms with Gasteiger partial charge in [-0.05, 0) is 25.0 Å². The van der Waals surface area contributed by atoms with Gasteiger partial charge in [0.1, 0.15) is 29.3 Å². The molecule has 3 N–H and O–H groups in total. The summed E-state index contributed by atoms with van der Waals surface area (Å²) in [4.78, 5) is 20.8. The number of anilines is 1. The van der Waals surface area contributed by atoms with E-state index in [1.165, 1.54) is 0 Å². The number of carbonyl (C=O) groups is 1. The Morgan fingerprint density at radius 3 is 2.67 bits per heavy atom. The lowest BCUT2D eigenvalue weighted by Gasteiger charge is -2.34. The molecule has 2 heterocycles. The largest absolute Gasteiger partial charge is 0.495 e. The number of hydrogen-bond acceptors (Lipinski definition) is 5. The van der Waals surface area contributed by atoms with Crippen LogP contribution in [-0.4, -0.2) is 33.9 Å². The van der Waals surface area contributed by atoms with E-state index in [0.29, 0.717) is 17.3 Å². The number of aromatic nitrogens is 2. The number of nitrogens with zero attached hydrogens (tertiary/aromatic N) is 3. The number of nitrogens with one attached hydrogen (secondary N) is 1. The molecule has 7 heteroatoms. The number of amides is 1. The quantitative estimate of drug-likeness (QED) is 0.879. The number of imidazole rings is 1. The van der Waals surface area contributed by atoms with Gasteiger partial charge in [0.25, 0.3) is 5.91 Å². The Labute approximate surface area is 140 Å². The second-order valence-corrected chi connectivity index (χ2v) is 5.67. The van der Waals surface area contributed by atoms with Gasteiger partial charge >= 0.3 is 0 Å². The van der Waals surface area contributed by atoms with E-state index in [1.807, 2.05) is 42.7 Å². The molecule has 0 aliphatic carbocycles. The number of hydrogen-bond donors (Lipinski definition) is 2. The molecular weight excluding hydrogens is 306 g/mol. The van der Waals surface area contributed by atoms with E-state index < -0.39 is 11.6 Å². The second kappa shape index (κ2) is 5.99. The number of nitrogens with two attached hydrogens (primary N) is 1. The average molecular weight is 327 g/mol. The number of aliphatic imine (C=N–C) groups is 1. The third-order valence-corrected chi connectivity index (χ3v) is 4.42. The maximum Gasteiger partial charge on any atom is 0.269 e. The molecule has 0 spiro atoms. The van der Waals surface area contributed by atoms with Crippen molar-refractivity contribution in [2.24, 2.45) is 10.7 Å². The third-order valence-electron chi connectivity index (χ3n) is 4.42. The van der Waals surface area contributed by atoms with E-state index in [4.69, 9.17) is 10.5 Å². The van der Waals surface area contributed by atoms with Crippen LogP contribution in [0, 0.1) is 0 Å². The van der Waals surface area contributed by atoms with E-state index in [1.54, 1.807) is 13.4 Å². The zero-order chi connectivity index (χ0) is 17.3. The van der Waals surface area contributed by atoms with Crippen molar-refractivity contribution in [1.82, 2.24) is 9.55 Å². The highest BCUT2D eigenvalue weighted by Crippen LogP contribution is 2.35. The topological polar surface area (TPSA) is 94.5 Å². The Balaban J connectivity index is 2.21. The second-order valence-electron chi connectivity index (χ2n) is 5.67. The molecule has 1 aromatic carbocycles. The smallest absolute Gasteiger partial charge is 0.269 e. The zero-order valence-electron chi connectivity index (χ0n) is 14.0. The van der Waals surface area contributed by atoms with Gasteiger partial charge in [0, 0.05) is 0 Å². The maximum atomic E-state index is 11.9. The van der Waals surface area contributed by atoms with Crippen molar-refractivity contribution in [3.8, 4) is 11.4 Å². The predicted molar refractivity (Wildman–Crippen MR) is 92.8 cm³/mol. The van der Waals surface area contributed by atoms with E-state index in [-0.39, 0.29) is 5.71 Å². The molecule has 0 atom stereocenters. The summed E-state index contributed by atoms with van der Waals surface area (Å²) in [5.74, 6) is 0.836. The fourth-order valence-corrected chi connectivity index (χ4v) is 2.92. The SMILES string of the molecule is CCC1(CC)N=C(C(N)=O)c2ncn(-c3ccccc3OC)c2N1. The maximum absolute atomic E-state index is 11.9. The summed E-state index contributed by atoms with van der Waals surface area (Å²) in [6.07, 6.45) is 3.09. The highest BCUT2D eigenvalue weighted by Gasteiger charge is 2.36. The molecule has 0 bridgehead atoms. The van der Waals surface area contributed by atoms with Crippen LogP contribution in [0.1, 0.15) is 32.4 Å². The van der Waals surface area contributed by atoms with Gasteiger partial charge < -0.3 is 15.8 Å². The minimum absolute atomic E-state index is 0.209. The van der Waals surface area contributed by atoms with Crippen LogP contribution < -0.4 is 15.8 Å². The monoisotopic (exact) mass is 327 g/mol. The van der Waals surface area contributed by atoms with Crippen molar-refractivity contribution >= 4 is 17.4 Å². The molecular formula is C17H21N5O2. The molecule has 0 fully saturated rings. The summed E-state index contributed by atoms with van der Waals surface area (Å²) in [7, 11) is 1.62. The van der Waals surface area contributed by atoms with Crippen LogP contribution in [-0.2, 0) is 4.79 Å². The first kappa shape index (κ1) is 16.0. The van der Waals surface area contributed by atoms with Crippen molar-refractivity contribution < 1.29 is 9.53 Å². The van der Waals surface area contributed by atoms with Crippen LogP contribution in [0.2, 0.25) is 0 Å². The molecule has 0 unspecified atom stereocenters. The van der Waals surface area contributed by atoms with E-state index >= 15 is 0 Å². The standard InChI is InChI=1S/C17H21N5O2/c1-4-17(5-2)20-13(15(18)23)14-16(21-17)22(10-19-14)11-8-6-7-9-12(11)24-3/h6-10,21H,4-5H2,1-3H3,(H2,18,23). The fourth-order valence-electron chi connectivity index (χ4n) is 2.92. The highest BCUT2D eigenvalue weighted by molar-refractivity contribution is 6.45. The van der Waals surface area contributed by atoms with Crippen molar-refractivity contribution in [2.75, 3.05) is 12.4 Å². The minimum Gasteiger partial charge on any atom is -0.495 e. The summed E-state index contributed by atoms with van der Waals surface area (Å²) in [6.45, 7) is 4.04. The first-order chi connectivity index (χ1) is 11.5. The van der Waals surface area contributed by atoms with Gasteiger partial charge in [0.15, 0.2) is 5.71 Å². The predicted octanol–water partition coefficient (Wildman–Crippen LogP) is 2.10. The zero-order valence-corrected chi connectivity index (χ0v) is 14.0. The number of benzene rings is 1. The van der Waals surface area contributed by atoms with Crippen LogP contribution in [0.25, 0.3) is 5.69 Å². The van der Waals surface area contributed by atoms with Crippen LogP contribution >= 0.6 is 0 Å². The van der Waals surface area contributed by atoms with Crippen LogP contribution in [0.3, 0.4) is 0 Å². The molecule has 1 aromatic heterocycles. The molecule has 3 rings (SSSR count). The van der Waals surface area contributed by atoms with Crippen LogP contribution in [0.15, 0.2) is 35.6 Å². The Hall–Kier alpha value is -2.83. The lowest BCUT2D eigenvalue weighted by molar-refractivity contribution is -0.112. The lowest BCUT2D eigenvalue weighted by Crippen LogP contribution is -2.43. The average Bonchev–Trinajstić information content (AvgIpc) is 3.03. The number of para-hydroxylation sites is 2. The van der Waals surface area contributed by atoms with E-state index in [0.717, 1.165) is 18.5 Å². The Morgan fingerprint density at radius 2 is 2.04 bits per heavy atom. The normalized spacial score (nSPS) is 15.2. The number of ether oxygens (including phenoxy) is 1. The number of fused-ring (bicyclic) bond motifs is 1. The summed E-state index contributed by atoms with van der Waals surface area (Å²) < 4.78 is 7.31. The van der Waals surface area contributed by atoms with Crippen LogP contribution in [0.4, 0.5) is 5.82 Å². The first-order valence-corrected chi connectivity index (χ1v) is 7.94. The first-order valence-electron chi connectivity index (χ1n) is 7.94. The molecule has 0 saturated carbocycles. The summed E-state index contributed by atoms with van der Waals surface area (Å²) >= 11 is 0. The molecule has 0 saturated heterocycles. The van der Waals surface area contributed by atoms with Crippen molar-refractivity contribution in [3.05, 3.63) is 36.3 Å². The lowest BCUT2D eigenvalue weighted by atomic mass is 10.0. The van der Waals surface area contributed by atoms with Gasteiger partial charge in [-0.1, -0.05) is 26.0 Å². The molecule has 24 heavy (non-hydrogen) atoms. The summed E-state index contributed by atoms with van der Waals surface area (Å²) in [5, 5.41) is 3.44. The van der Waals surface area contributed by atoms with Gasteiger partial charge in [-0.2, -0.15) is 0 Å². The molecule has 1 aliphatic rings. The summed E-state index contributed by atoms with van der Waals surface area (Å²) in [5.41, 5.74) is 6.47. The van der Waals surface area contributed by atoms with Gasteiger partial charge in [-0.15, -0.1) is 0 Å². The molecule has 1 aliphatic heterocycles. The van der Waals surface area contributed by atoms with E-state index in [2.05, 4.69) is 15.3 Å². The van der Waals surface area contributed by atoms with Crippen molar-refractivity contribution in [3.63, 3.8) is 0 Å². The highest BCUT2D eigenvalue weighted by atomic mass is 16.5. The molecule has 0 radical (unpaired) electrons. The van der Waals surface area contributed by atoms with Gasteiger partial charge in [0.05, 0.1) is 12.8 Å². The number of carbonyl (C=O) groups excluding carboxylic acids is 1. The Bertz CT molecular complexity index is 805.